The van der Waals surface area contributed by atoms with E-state index in [1.807, 2.05) is 25.7 Å². The molecule has 0 radical (unpaired) electrons. The van der Waals surface area contributed by atoms with Crippen LogP contribution in [0.2, 0.25) is 5.02 Å². The van der Waals surface area contributed by atoms with E-state index >= 15 is 0 Å². The molecule has 1 aromatic rings. The summed E-state index contributed by atoms with van der Waals surface area (Å²) in [5.41, 5.74) is 6.61. The fourth-order valence-corrected chi connectivity index (χ4v) is 3.49. The van der Waals surface area contributed by atoms with Gasteiger partial charge in [0, 0.05) is 24.2 Å². The predicted octanol–water partition coefficient (Wildman–Crippen LogP) is 3.87. The van der Waals surface area contributed by atoms with Gasteiger partial charge in [-0.05, 0) is 51.7 Å². The molecular formula is C19H29ClN2O3. The highest BCUT2D eigenvalue weighted by Crippen LogP contribution is 2.37. The summed E-state index contributed by atoms with van der Waals surface area (Å²) in [7, 11) is 0. The van der Waals surface area contributed by atoms with Crippen molar-refractivity contribution in [1.29, 1.82) is 0 Å². The molecule has 0 aliphatic carbocycles. The van der Waals surface area contributed by atoms with E-state index in [4.69, 9.17) is 26.8 Å². The number of rotatable bonds is 7. The Bertz CT molecular complexity index is 592. The summed E-state index contributed by atoms with van der Waals surface area (Å²) in [6.07, 6.45) is 3.91. The molecule has 5 nitrogen and oxygen atoms in total. The summed E-state index contributed by atoms with van der Waals surface area (Å²) in [4.78, 5) is 14.9. The minimum Gasteiger partial charge on any atom is -0.490 e. The molecule has 0 saturated carbocycles. The lowest BCUT2D eigenvalue weighted by Gasteiger charge is -2.38. The molecule has 1 fully saturated rings. The summed E-state index contributed by atoms with van der Waals surface area (Å²) in [5.74, 6) is 0.970. The molecule has 0 bridgehead atoms. The molecule has 1 aliphatic rings. The largest absolute Gasteiger partial charge is 0.490 e. The van der Waals surface area contributed by atoms with Crippen LogP contribution >= 0.6 is 11.6 Å². The van der Waals surface area contributed by atoms with Crippen molar-refractivity contribution in [1.82, 2.24) is 4.90 Å². The SMILES string of the molecule is CCCOc1c(Cl)cc(C(=O)N2CCCCC2C(C)N)cc1OCC. The summed E-state index contributed by atoms with van der Waals surface area (Å²) in [6.45, 7) is 7.62. The Balaban J connectivity index is 2.32. The summed E-state index contributed by atoms with van der Waals surface area (Å²) < 4.78 is 11.4. The number of carbonyl (C=O) groups excluding carboxylic acids is 1. The molecule has 0 aromatic heterocycles. The Labute approximate surface area is 155 Å². The van der Waals surface area contributed by atoms with Gasteiger partial charge in [-0.1, -0.05) is 18.5 Å². The van der Waals surface area contributed by atoms with Gasteiger partial charge in [0.15, 0.2) is 11.5 Å². The zero-order valence-electron chi connectivity index (χ0n) is 15.4. The van der Waals surface area contributed by atoms with E-state index in [1.54, 1.807) is 12.1 Å². The van der Waals surface area contributed by atoms with Gasteiger partial charge in [0.05, 0.1) is 18.2 Å². The standard InChI is InChI=1S/C19H29ClN2O3/c1-4-10-25-18-15(20)11-14(12-17(18)24-5-2)19(23)22-9-7-6-8-16(22)13(3)21/h11-13,16H,4-10,21H2,1-3H3. The van der Waals surface area contributed by atoms with Gasteiger partial charge in [-0.2, -0.15) is 0 Å². The van der Waals surface area contributed by atoms with Crippen molar-refractivity contribution < 1.29 is 14.3 Å². The summed E-state index contributed by atoms with van der Waals surface area (Å²) in [5, 5.41) is 0.400. The van der Waals surface area contributed by atoms with Gasteiger partial charge in [-0.3, -0.25) is 4.79 Å². The Morgan fingerprint density at radius 3 is 2.76 bits per heavy atom. The second kappa shape index (κ2) is 9.30. The van der Waals surface area contributed by atoms with Crippen molar-refractivity contribution >= 4 is 17.5 Å². The van der Waals surface area contributed by atoms with Crippen LogP contribution in [0.5, 0.6) is 11.5 Å². The number of likely N-dealkylation sites (tertiary alicyclic amines) is 1. The van der Waals surface area contributed by atoms with E-state index in [0.29, 0.717) is 35.3 Å². The number of nitrogens with two attached hydrogens (primary N) is 1. The van der Waals surface area contributed by atoms with Gasteiger partial charge in [0.25, 0.3) is 5.91 Å². The molecular weight excluding hydrogens is 340 g/mol. The third-order valence-electron chi connectivity index (χ3n) is 4.42. The molecule has 1 aromatic carbocycles. The second-order valence-electron chi connectivity index (χ2n) is 6.49. The molecule has 25 heavy (non-hydrogen) atoms. The molecule has 0 spiro atoms. The minimum absolute atomic E-state index is 0.0492. The molecule has 1 saturated heterocycles. The van der Waals surface area contributed by atoms with Gasteiger partial charge in [0.2, 0.25) is 0 Å². The van der Waals surface area contributed by atoms with Crippen molar-refractivity contribution in [2.75, 3.05) is 19.8 Å². The van der Waals surface area contributed by atoms with Crippen LogP contribution in [0.25, 0.3) is 0 Å². The van der Waals surface area contributed by atoms with Crippen molar-refractivity contribution in [2.45, 2.75) is 58.5 Å². The van der Waals surface area contributed by atoms with E-state index in [-0.39, 0.29) is 18.0 Å². The fourth-order valence-electron chi connectivity index (χ4n) is 3.22. The molecule has 1 heterocycles. The number of nitrogens with zero attached hydrogens (tertiary/aromatic N) is 1. The van der Waals surface area contributed by atoms with Crippen LogP contribution in [-0.2, 0) is 0 Å². The van der Waals surface area contributed by atoms with Crippen molar-refractivity contribution in [3.8, 4) is 11.5 Å². The average molecular weight is 369 g/mol. The van der Waals surface area contributed by atoms with E-state index in [9.17, 15) is 4.79 Å². The van der Waals surface area contributed by atoms with Crippen LogP contribution in [0.3, 0.4) is 0 Å². The Kier molecular flexibility index (Phi) is 7.38. The van der Waals surface area contributed by atoms with Crippen LogP contribution in [0.1, 0.15) is 56.8 Å². The Morgan fingerprint density at radius 1 is 1.36 bits per heavy atom. The minimum atomic E-state index is -0.0572. The van der Waals surface area contributed by atoms with Crippen molar-refractivity contribution in [3.63, 3.8) is 0 Å². The highest BCUT2D eigenvalue weighted by molar-refractivity contribution is 6.32. The smallest absolute Gasteiger partial charge is 0.254 e. The Morgan fingerprint density at radius 2 is 2.12 bits per heavy atom. The number of piperidine rings is 1. The number of ether oxygens (including phenoxy) is 2. The first kappa shape index (κ1) is 19.9. The summed E-state index contributed by atoms with van der Waals surface area (Å²) >= 11 is 6.39. The van der Waals surface area contributed by atoms with Gasteiger partial charge < -0.3 is 20.1 Å². The quantitative estimate of drug-likeness (QED) is 0.793. The van der Waals surface area contributed by atoms with Gasteiger partial charge in [-0.25, -0.2) is 0 Å². The fraction of sp³-hybridized carbons (Fsp3) is 0.632. The molecule has 1 amide bonds. The highest BCUT2D eigenvalue weighted by Gasteiger charge is 2.30. The molecule has 2 N–H and O–H groups in total. The van der Waals surface area contributed by atoms with Crippen LogP contribution in [0.4, 0.5) is 0 Å². The molecule has 2 rings (SSSR count). The molecule has 2 atom stereocenters. The first-order chi connectivity index (χ1) is 12.0. The van der Waals surface area contributed by atoms with Gasteiger partial charge in [-0.15, -0.1) is 0 Å². The van der Waals surface area contributed by atoms with E-state index in [1.165, 1.54) is 0 Å². The number of carbonyl (C=O) groups is 1. The number of benzene rings is 1. The number of amides is 1. The molecule has 1 aliphatic heterocycles. The molecule has 140 valence electrons. The zero-order valence-corrected chi connectivity index (χ0v) is 16.1. The lowest BCUT2D eigenvalue weighted by molar-refractivity contribution is 0.0583. The topological polar surface area (TPSA) is 64.8 Å². The molecule has 2 unspecified atom stereocenters. The van der Waals surface area contributed by atoms with Gasteiger partial charge in [0.1, 0.15) is 0 Å². The maximum atomic E-state index is 13.1. The number of hydrogen-bond donors (Lipinski definition) is 1. The van der Waals surface area contributed by atoms with Crippen molar-refractivity contribution in [3.05, 3.63) is 22.7 Å². The average Bonchev–Trinajstić information content (AvgIpc) is 2.60. The van der Waals surface area contributed by atoms with Crippen LogP contribution < -0.4 is 15.2 Å². The highest BCUT2D eigenvalue weighted by atomic mass is 35.5. The van der Waals surface area contributed by atoms with Crippen LogP contribution in [0.15, 0.2) is 12.1 Å². The zero-order chi connectivity index (χ0) is 18.4. The van der Waals surface area contributed by atoms with Gasteiger partial charge >= 0.3 is 0 Å². The van der Waals surface area contributed by atoms with Crippen LogP contribution in [-0.4, -0.2) is 42.6 Å². The lowest BCUT2D eigenvalue weighted by atomic mass is 9.96. The summed E-state index contributed by atoms with van der Waals surface area (Å²) in [6, 6.07) is 3.41. The number of halogens is 1. The monoisotopic (exact) mass is 368 g/mol. The lowest BCUT2D eigenvalue weighted by Crippen LogP contribution is -2.51. The normalized spacial score (nSPS) is 18.8. The van der Waals surface area contributed by atoms with E-state index in [0.717, 1.165) is 32.2 Å². The molecule has 6 heteroatoms. The van der Waals surface area contributed by atoms with Crippen LogP contribution in [0, 0.1) is 0 Å². The van der Waals surface area contributed by atoms with Crippen molar-refractivity contribution in [2.24, 2.45) is 5.73 Å². The van der Waals surface area contributed by atoms with E-state index in [2.05, 4.69) is 0 Å². The first-order valence-corrected chi connectivity index (χ1v) is 9.53. The maximum Gasteiger partial charge on any atom is 0.254 e. The van der Waals surface area contributed by atoms with E-state index < -0.39 is 0 Å². The number of hydrogen-bond acceptors (Lipinski definition) is 4. The first-order valence-electron chi connectivity index (χ1n) is 9.15. The third-order valence-corrected chi connectivity index (χ3v) is 4.70. The third kappa shape index (κ3) is 4.79. The predicted molar refractivity (Wildman–Crippen MR) is 101 cm³/mol. The Hall–Kier alpha value is -1.46. The second-order valence-corrected chi connectivity index (χ2v) is 6.89. The maximum absolute atomic E-state index is 13.1.